The van der Waals surface area contributed by atoms with Gasteiger partial charge in [-0.3, -0.25) is 14.4 Å². The third-order valence-corrected chi connectivity index (χ3v) is 21.0. The van der Waals surface area contributed by atoms with Crippen molar-refractivity contribution in [1.29, 1.82) is 0 Å². The van der Waals surface area contributed by atoms with Crippen molar-refractivity contribution in [2.45, 2.75) is 129 Å². The van der Waals surface area contributed by atoms with Crippen molar-refractivity contribution < 1.29 is 48.8 Å². The van der Waals surface area contributed by atoms with Gasteiger partial charge in [-0.1, -0.05) is 119 Å². The summed E-state index contributed by atoms with van der Waals surface area (Å²) in [6.07, 6.45) is 10.0. The summed E-state index contributed by atoms with van der Waals surface area (Å²) in [5.74, 6) is 3.70. The van der Waals surface area contributed by atoms with Crippen LogP contribution in [0, 0.1) is 17.8 Å². The minimum Gasteiger partial charge on any atom is -0.477 e. The average molecular weight is 1270 g/mol. The van der Waals surface area contributed by atoms with Crippen LogP contribution in [0.1, 0.15) is 174 Å². The number of carbonyl (C=O) groups excluding carboxylic acids is 3. The van der Waals surface area contributed by atoms with Crippen LogP contribution in [0.2, 0.25) is 0 Å². The number of oxime groups is 1. The van der Waals surface area contributed by atoms with E-state index in [1.807, 2.05) is 64.9 Å². The number of likely N-dealkylation sites (tertiary alicyclic amines) is 3. The van der Waals surface area contributed by atoms with E-state index in [1.165, 1.54) is 34.2 Å². The number of amides is 3. The summed E-state index contributed by atoms with van der Waals surface area (Å²) in [7, 11) is 0. The Morgan fingerprint density at radius 1 is 0.596 bits per heavy atom. The summed E-state index contributed by atoms with van der Waals surface area (Å²) in [6.45, 7) is 16.0. The maximum absolute atomic E-state index is 12.3. The van der Waals surface area contributed by atoms with Crippen molar-refractivity contribution in [3.63, 3.8) is 0 Å². The van der Waals surface area contributed by atoms with E-state index in [0.29, 0.717) is 84.3 Å². The smallest absolute Gasteiger partial charge is 0.347 e. The molecule has 0 bridgehead atoms. The molecule has 8 heterocycles. The van der Waals surface area contributed by atoms with Gasteiger partial charge in [0.15, 0.2) is 5.84 Å². The van der Waals surface area contributed by atoms with Gasteiger partial charge in [0.25, 0.3) is 11.8 Å². The summed E-state index contributed by atoms with van der Waals surface area (Å²) in [5, 5.41) is 50.7. The molecule has 22 nitrogen and oxygen atoms in total. The van der Waals surface area contributed by atoms with E-state index < -0.39 is 5.97 Å². The van der Waals surface area contributed by atoms with Gasteiger partial charge in [0.05, 0.1) is 65.0 Å². The van der Waals surface area contributed by atoms with Gasteiger partial charge < -0.3 is 50.0 Å². The van der Waals surface area contributed by atoms with E-state index in [4.69, 9.17) is 25.1 Å². The van der Waals surface area contributed by atoms with Crippen LogP contribution in [-0.2, 0) is 33.6 Å². The number of aromatic carboxylic acids is 1. The first kappa shape index (κ1) is 62.5. The maximum Gasteiger partial charge on any atom is 0.347 e. The zero-order valence-electron chi connectivity index (χ0n) is 50.6. The summed E-state index contributed by atoms with van der Waals surface area (Å²) in [6, 6.07) is 18.2. The number of nitrogens with two attached hydrogens (primary N) is 1. The van der Waals surface area contributed by atoms with Crippen molar-refractivity contribution in [1.82, 2.24) is 49.9 Å². The van der Waals surface area contributed by atoms with Crippen LogP contribution in [0.5, 0.6) is 0 Å². The minimum absolute atomic E-state index is 0.0224. The lowest BCUT2D eigenvalue weighted by atomic mass is 10.0. The molecular weight excluding hydrogens is 1190 g/mol. The molecule has 89 heavy (non-hydrogen) atoms. The second-order valence-corrected chi connectivity index (χ2v) is 27.1. The van der Waals surface area contributed by atoms with E-state index in [9.17, 15) is 29.4 Å². The SMILES string of the molecule is CC(C)c1ncc(-c2nc(-c3cccc4c3CC3CC(=O)N(CCO)C43)no2)s1.CC(C)c1ncc(-c2nc(-c3cccc4c3CC3CC(=O)N(CCO)C43)no2)s1.CC(C)c1ncc(C(=O)O)s1.CCCN1C(=O)CC2Cc3c(/C(N)=N/O)cccc3C21. The van der Waals surface area contributed by atoms with Crippen LogP contribution in [0.3, 0.4) is 0 Å². The Bertz CT molecular complexity index is 3770. The molecule has 0 spiro atoms. The normalized spacial score (nSPS) is 20.3. The lowest BCUT2D eigenvalue weighted by Gasteiger charge is -2.24. The standard InChI is InChI=1S/2C21H22N4O3S.C15H19N3O2.C7H9NO2S/c2*1-11(2)21-22-10-16(29-21)20-23-19(24-28-20)14-5-3-4-13-15(14)8-12-9-17(27)25(6-7-26)18(12)13;1-2-6-18-13(19)8-9-7-12-10(14(9)18)4-3-5-11(12)15(16)17-20;1-4(2)6-8-3-5(11-6)7(9)10/h2*3-5,10-12,18,26H,6-9H2,1-2H3;3-5,9,14,20H,2,6-8H2,1H3,(H2,16,17);3-4H,1-2H3,(H,9,10). The van der Waals surface area contributed by atoms with E-state index in [-0.39, 0.29) is 66.7 Å². The number of aromatic nitrogens is 7. The molecule has 466 valence electrons. The van der Waals surface area contributed by atoms with Gasteiger partial charge in [-0.2, -0.15) is 9.97 Å². The van der Waals surface area contributed by atoms with E-state index in [1.54, 1.807) is 35.1 Å². The average Bonchev–Trinajstić information content (AvgIpc) is 1.65. The van der Waals surface area contributed by atoms with Crippen molar-refractivity contribution in [3.05, 3.63) is 132 Å². The molecule has 0 radical (unpaired) electrons. The number of carboxylic acid groups (broad SMARTS) is 1. The number of nitrogens with zero attached hydrogens (tertiary/aromatic N) is 11. The van der Waals surface area contributed by atoms with Crippen LogP contribution in [0.15, 0.2) is 87.4 Å². The van der Waals surface area contributed by atoms with Crippen LogP contribution >= 0.6 is 34.0 Å². The van der Waals surface area contributed by atoms with Crippen LogP contribution in [0.4, 0.5) is 0 Å². The molecule has 6 N–H and O–H groups in total. The predicted octanol–water partition coefficient (Wildman–Crippen LogP) is 10.4. The first-order valence-corrected chi connectivity index (χ1v) is 32.6. The molecule has 25 heteroatoms. The monoisotopic (exact) mass is 1260 g/mol. The van der Waals surface area contributed by atoms with Crippen molar-refractivity contribution in [2.75, 3.05) is 32.8 Å². The highest BCUT2D eigenvalue weighted by molar-refractivity contribution is 7.15. The van der Waals surface area contributed by atoms with E-state index >= 15 is 0 Å². The first-order valence-electron chi connectivity index (χ1n) is 30.1. The number of fused-ring (bicyclic) bond motifs is 9. The third kappa shape index (κ3) is 12.4. The predicted molar refractivity (Wildman–Crippen MR) is 335 cm³/mol. The highest BCUT2D eigenvalue weighted by Gasteiger charge is 2.49. The summed E-state index contributed by atoms with van der Waals surface area (Å²) < 4.78 is 11.1. The zero-order chi connectivity index (χ0) is 62.9. The quantitative estimate of drug-likeness (QED) is 0.0276. The van der Waals surface area contributed by atoms with E-state index in [2.05, 4.69) is 93.2 Å². The number of amidine groups is 1. The fraction of sp³-hybridized carbons (Fsp3) is 0.438. The number of rotatable bonds is 15. The second-order valence-electron chi connectivity index (χ2n) is 24.0. The maximum atomic E-state index is 12.3. The van der Waals surface area contributed by atoms with E-state index in [0.717, 1.165) is 90.4 Å². The number of hydrogen-bond acceptors (Lipinski definition) is 20. The van der Waals surface area contributed by atoms with Gasteiger partial charge >= 0.3 is 5.97 Å². The molecule has 3 aliphatic heterocycles. The van der Waals surface area contributed by atoms with Gasteiger partial charge in [0, 0.05) is 73.3 Å². The largest absolute Gasteiger partial charge is 0.477 e. The Labute approximate surface area is 526 Å². The summed E-state index contributed by atoms with van der Waals surface area (Å²) in [5.41, 5.74) is 15.4. The molecule has 3 amide bonds. The van der Waals surface area contributed by atoms with Gasteiger partial charge in [-0.25, -0.2) is 19.7 Å². The van der Waals surface area contributed by atoms with Gasteiger partial charge in [-0.05, 0) is 76.8 Å². The number of thiazole rings is 3. The number of carboxylic acids is 1. The highest BCUT2D eigenvalue weighted by Crippen LogP contribution is 2.52. The first-order chi connectivity index (χ1) is 42.9. The van der Waals surface area contributed by atoms with Crippen molar-refractivity contribution >= 4 is 63.5 Å². The lowest BCUT2D eigenvalue weighted by Crippen LogP contribution is -2.30. The molecule has 6 atom stereocenters. The Morgan fingerprint density at radius 2 is 1.00 bits per heavy atom. The van der Waals surface area contributed by atoms with Gasteiger partial charge in [0.1, 0.15) is 14.6 Å². The van der Waals surface area contributed by atoms with Crippen molar-refractivity contribution in [2.24, 2.45) is 28.6 Å². The second kappa shape index (κ2) is 26.5. The molecule has 3 aromatic carbocycles. The molecule has 3 fully saturated rings. The Kier molecular flexibility index (Phi) is 18.6. The fourth-order valence-electron chi connectivity index (χ4n) is 13.3. The summed E-state index contributed by atoms with van der Waals surface area (Å²) >= 11 is 4.38. The Balaban J connectivity index is 0.000000129. The molecule has 14 rings (SSSR count). The lowest BCUT2D eigenvalue weighted by molar-refractivity contribution is -0.130. The molecule has 8 aromatic rings. The molecule has 3 aliphatic carbocycles. The van der Waals surface area contributed by atoms with Crippen LogP contribution < -0.4 is 5.73 Å². The van der Waals surface area contributed by atoms with Gasteiger partial charge in [0.2, 0.25) is 29.4 Å². The number of aliphatic hydroxyl groups excluding tert-OH is 2. The molecule has 6 unspecified atom stereocenters. The number of β-amino-alcohol motifs (C(OH)–C–C–N with tert-alkyl or cyclic N) is 2. The van der Waals surface area contributed by atoms with Crippen molar-refractivity contribution in [3.8, 4) is 44.3 Å². The number of benzene rings is 3. The molecule has 3 saturated heterocycles. The topological polar surface area (TPSA) is 314 Å². The molecule has 6 aliphatic rings. The zero-order valence-corrected chi connectivity index (χ0v) is 53.0. The number of aliphatic hydroxyl groups is 2. The third-order valence-electron chi connectivity index (χ3n) is 17.2. The Morgan fingerprint density at radius 3 is 1.38 bits per heavy atom. The fourth-order valence-corrected chi connectivity index (χ4v) is 15.8. The van der Waals surface area contributed by atoms with Gasteiger partial charge in [-0.15, -0.1) is 34.0 Å². The summed E-state index contributed by atoms with van der Waals surface area (Å²) in [4.78, 5) is 76.9. The van der Waals surface area contributed by atoms with Crippen LogP contribution in [-0.4, -0.2) is 133 Å². The molecular formula is C64H72N12O10S3. The Hall–Kier alpha value is -8.10. The minimum atomic E-state index is -0.894. The number of hydrogen-bond donors (Lipinski definition) is 5. The molecule has 0 saturated carbocycles. The number of carbonyl (C=O) groups is 4. The van der Waals surface area contributed by atoms with Crippen LogP contribution in [0.25, 0.3) is 44.3 Å². The molecule has 5 aromatic heterocycles. The highest BCUT2D eigenvalue weighted by atomic mass is 32.1.